The fourth-order valence-corrected chi connectivity index (χ4v) is 3.20. The van der Waals surface area contributed by atoms with E-state index in [9.17, 15) is 0 Å². The molecule has 0 fully saturated rings. The molecule has 0 aliphatic heterocycles. The first-order chi connectivity index (χ1) is 10.2. The molecule has 6 heteroatoms. The number of aromatic nitrogens is 1. The summed E-state index contributed by atoms with van der Waals surface area (Å²) in [6.07, 6.45) is 0.795. The van der Waals surface area contributed by atoms with Gasteiger partial charge in [-0.3, -0.25) is 0 Å². The molecule has 0 aliphatic carbocycles. The molecule has 0 atom stereocenters. The van der Waals surface area contributed by atoms with Gasteiger partial charge in [0.25, 0.3) is 0 Å². The third-order valence-corrected chi connectivity index (χ3v) is 4.35. The highest BCUT2D eigenvalue weighted by Gasteiger charge is 2.15. The summed E-state index contributed by atoms with van der Waals surface area (Å²) in [5.41, 5.74) is 7.44. The third kappa shape index (κ3) is 3.96. The van der Waals surface area contributed by atoms with Gasteiger partial charge >= 0.3 is 0 Å². The average Bonchev–Trinajstić information content (AvgIpc) is 2.91. The lowest BCUT2D eigenvalue weighted by molar-refractivity contribution is 0.330. The summed E-state index contributed by atoms with van der Waals surface area (Å²) < 4.78 is 12.3. The lowest BCUT2D eigenvalue weighted by atomic mass is 10.1. The Morgan fingerprint density at radius 1 is 1.19 bits per heavy atom. The van der Waals surface area contributed by atoms with Crippen molar-refractivity contribution in [3.05, 3.63) is 27.0 Å². The molecule has 2 rings (SSSR count). The van der Waals surface area contributed by atoms with Crippen molar-refractivity contribution in [1.29, 1.82) is 0 Å². The normalized spacial score (nSPS) is 10.7. The fourth-order valence-electron chi connectivity index (χ4n) is 1.95. The average molecular weight is 371 g/mol. The van der Waals surface area contributed by atoms with Crippen LogP contribution >= 0.6 is 27.3 Å². The number of ether oxygens (including phenoxy) is 2. The van der Waals surface area contributed by atoms with E-state index in [1.54, 1.807) is 11.3 Å². The van der Waals surface area contributed by atoms with Crippen LogP contribution in [0.25, 0.3) is 11.3 Å². The van der Waals surface area contributed by atoms with Gasteiger partial charge in [0.1, 0.15) is 11.5 Å². The maximum Gasteiger partial charge on any atom is 0.134 e. The first-order valence-corrected chi connectivity index (χ1v) is 8.60. The molecule has 4 nitrogen and oxygen atoms in total. The number of rotatable bonds is 7. The van der Waals surface area contributed by atoms with E-state index in [0.717, 1.165) is 38.7 Å². The minimum Gasteiger partial charge on any atom is -0.493 e. The minimum absolute atomic E-state index is 0.604. The van der Waals surface area contributed by atoms with Gasteiger partial charge in [0.15, 0.2) is 0 Å². The summed E-state index contributed by atoms with van der Waals surface area (Å²) in [5, 5.41) is 3.07. The van der Waals surface area contributed by atoms with Gasteiger partial charge in [-0.05, 0) is 48.5 Å². The molecule has 21 heavy (non-hydrogen) atoms. The highest BCUT2D eigenvalue weighted by Crippen LogP contribution is 2.39. The lowest BCUT2D eigenvalue weighted by Gasteiger charge is -2.13. The molecular weight excluding hydrogens is 352 g/mol. The van der Waals surface area contributed by atoms with E-state index in [-0.39, 0.29) is 0 Å². The van der Waals surface area contributed by atoms with E-state index in [1.165, 1.54) is 0 Å². The Hall–Kier alpha value is -1.11. The molecule has 114 valence electrons. The molecule has 2 N–H and O–H groups in total. The van der Waals surface area contributed by atoms with Gasteiger partial charge in [-0.1, -0.05) is 0 Å². The topological polar surface area (TPSA) is 57.4 Å². The summed E-state index contributed by atoms with van der Waals surface area (Å²) in [7, 11) is 0. The molecule has 1 aromatic heterocycles. The van der Waals surface area contributed by atoms with Crippen LogP contribution in [0.3, 0.4) is 0 Å². The van der Waals surface area contributed by atoms with Crippen LogP contribution in [0.15, 0.2) is 22.0 Å². The lowest BCUT2D eigenvalue weighted by Crippen LogP contribution is -2.02. The second-order valence-electron chi connectivity index (χ2n) is 4.31. The monoisotopic (exact) mass is 370 g/mol. The van der Waals surface area contributed by atoms with E-state index in [2.05, 4.69) is 20.9 Å². The van der Waals surface area contributed by atoms with Crippen molar-refractivity contribution in [2.75, 3.05) is 19.8 Å². The van der Waals surface area contributed by atoms with Crippen molar-refractivity contribution in [3.63, 3.8) is 0 Å². The SMILES string of the molecule is CCOc1cc(-c2csc(CCN)n2)c(OCC)cc1Br. The highest BCUT2D eigenvalue weighted by atomic mass is 79.9. The summed E-state index contributed by atoms with van der Waals surface area (Å²) in [6, 6.07) is 3.91. The molecule has 0 saturated carbocycles. The van der Waals surface area contributed by atoms with Gasteiger partial charge < -0.3 is 15.2 Å². The van der Waals surface area contributed by atoms with E-state index in [1.807, 2.05) is 31.4 Å². The predicted molar refractivity (Wildman–Crippen MR) is 90.3 cm³/mol. The molecule has 0 aliphatic rings. The molecule has 0 radical (unpaired) electrons. The van der Waals surface area contributed by atoms with Crippen LogP contribution in [0.5, 0.6) is 11.5 Å². The summed E-state index contributed by atoms with van der Waals surface area (Å²) >= 11 is 5.14. The third-order valence-electron chi connectivity index (χ3n) is 2.82. The molecule has 0 saturated heterocycles. The van der Waals surface area contributed by atoms with Gasteiger partial charge in [0, 0.05) is 17.4 Å². The molecule has 1 aromatic carbocycles. The zero-order chi connectivity index (χ0) is 15.2. The number of benzene rings is 1. The van der Waals surface area contributed by atoms with Crippen molar-refractivity contribution in [2.24, 2.45) is 5.73 Å². The van der Waals surface area contributed by atoms with Gasteiger partial charge in [-0.2, -0.15) is 0 Å². The number of nitrogens with zero attached hydrogens (tertiary/aromatic N) is 1. The van der Waals surface area contributed by atoms with Crippen LogP contribution in [-0.2, 0) is 6.42 Å². The molecular formula is C15H19BrN2O2S. The summed E-state index contributed by atoms with van der Waals surface area (Å²) in [6.45, 7) is 5.75. The van der Waals surface area contributed by atoms with Crippen molar-refractivity contribution in [3.8, 4) is 22.8 Å². The van der Waals surface area contributed by atoms with Crippen molar-refractivity contribution >= 4 is 27.3 Å². The second kappa shape index (κ2) is 7.77. The number of hydrogen-bond acceptors (Lipinski definition) is 5. The summed E-state index contributed by atoms with van der Waals surface area (Å²) in [5.74, 6) is 1.60. The standard InChI is InChI=1S/C15H19BrN2O2S/c1-3-19-13-8-11(16)14(20-4-2)7-10(13)12-9-21-15(18-12)5-6-17/h7-9H,3-6,17H2,1-2H3. The molecule has 0 amide bonds. The van der Waals surface area contributed by atoms with Crippen molar-refractivity contribution < 1.29 is 9.47 Å². The number of nitrogens with two attached hydrogens (primary N) is 1. The molecule has 2 aromatic rings. The molecule has 0 bridgehead atoms. The van der Waals surface area contributed by atoms with Crippen LogP contribution < -0.4 is 15.2 Å². The van der Waals surface area contributed by atoms with Crippen LogP contribution in [0.2, 0.25) is 0 Å². The maximum absolute atomic E-state index is 5.73. The highest BCUT2D eigenvalue weighted by molar-refractivity contribution is 9.10. The Labute approximate surface area is 137 Å². The van der Waals surface area contributed by atoms with Crippen LogP contribution in [0.4, 0.5) is 0 Å². The Bertz CT molecular complexity index is 601. The Morgan fingerprint density at radius 3 is 2.57 bits per heavy atom. The zero-order valence-electron chi connectivity index (χ0n) is 12.2. The van der Waals surface area contributed by atoms with Gasteiger partial charge in [0.05, 0.1) is 28.4 Å². The van der Waals surface area contributed by atoms with Gasteiger partial charge in [-0.15, -0.1) is 11.3 Å². The molecule has 1 heterocycles. The Balaban J connectivity index is 2.44. The van der Waals surface area contributed by atoms with E-state index >= 15 is 0 Å². The zero-order valence-corrected chi connectivity index (χ0v) is 14.6. The Morgan fingerprint density at radius 2 is 1.90 bits per heavy atom. The summed E-state index contributed by atoms with van der Waals surface area (Å²) in [4.78, 5) is 4.63. The van der Waals surface area contributed by atoms with Crippen molar-refractivity contribution in [1.82, 2.24) is 4.98 Å². The number of thiazole rings is 1. The van der Waals surface area contributed by atoms with Crippen LogP contribution in [0.1, 0.15) is 18.9 Å². The molecule has 0 unspecified atom stereocenters. The molecule has 0 spiro atoms. The number of hydrogen-bond donors (Lipinski definition) is 1. The number of halogens is 1. The van der Waals surface area contributed by atoms with E-state index in [4.69, 9.17) is 15.2 Å². The maximum atomic E-state index is 5.73. The Kier molecular flexibility index (Phi) is 6.02. The smallest absolute Gasteiger partial charge is 0.134 e. The van der Waals surface area contributed by atoms with Gasteiger partial charge in [-0.25, -0.2) is 4.98 Å². The first-order valence-electron chi connectivity index (χ1n) is 6.93. The second-order valence-corrected chi connectivity index (χ2v) is 6.11. The van der Waals surface area contributed by atoms with E-state index < -0.39 is 0 Å². The van der Waals surface area contributed by atoms with Gasteiger partial charge in [0.2, 0.25) is 0 Å². The van der Waals surface area contributed by atoms with E-state index in [0.29, 0.717) is 19.8 Å². The van der Waals surface area contributed by atoms with Crippen molar-refractivity contribution in [2.45, 2.75) is 20.3 Å². The first kappa shape index (κ1) is 16.3. The minimum atomic E-state index is 0.604. The predicted octanol–water partition coefficient (Wildman–Crippen LogP) is 3.87. The van der Waals surface area contributed by atoms with Crippen LogP contribution in [-0.4, -0.2) is 24.7 Å². The largest absolute Gasteiger partial charge is 0.493 e. The fraction of sp³-hybridized carbons (Fsp3) is 0.400. The quantitative estimate of drug-likeness (QED) is 0.803. The van der Waals surface area contributed by atoms with Crippen LogP contribution in [0, 0.1) is 0 Å².